The highest BCUT2D eigenvalue weighted by Gasteiger charge is 2.28. The summed E-state index contributed by atoms with van der Waals surface area (Å²) < 4.78 is 32.8. The van der Waals surface area contributed by atoms with E-state index in [1.165, 1.54) is 22.5 Å². The summed E-state index contributed by atoms with van der Waals surface area (Å²) in [5, 5.41) is 13.9. The molecule has 0 aliphatic carbocycles. The van der Waals surface area contributed by atoms with Gasteiger partial charge >= 0.3 is 0 Å². The van der Waals surface area contributed by atoms with Crippen LogP contribution in [0, 0.1) is 17.0 Å². The summed E-state index contributed by atoms with van der Waals surface area (Å²) in [6, 6.07) is 5.90. The number of carbonyl (C=O) groups excluding carboxylic acids is 1. The standard InChI is InChI=1S/C20H26N4O6S2/c1-4-22(5-2)17-7-6-15(32(28,29)23-8-10-30-11-9-23)12-16(17)21-20(25)19-13-18(24(26)27)14(3)31-19/h6-7,12-13H,4-5,8-11H2,1-3H3,(H,21,25). The number of aryl methyl sites for hydroxylation is 1. The lowest BCUT2D eigenvalue weighted by Gasteiger charge is -2.28. The SMILES string of the molecule is CCN(CC)c1ccc(S(=O)(=O)N2CCOCC2)cc1NC(=O)c1cc([N+](=O)[O-])c(C)s1. The number of ether oxygens (including phenoxy) is 1. The van der Waals surface area contributed by atoms with Crippen LogP contribution in [0.5, 0.6) is 0 Å². The van der Waals surface area contributed by atoms with Gasteiger partial charge in [-0.2, -0.15) is 4.31 Å². The number of anilines is 2. The van der Waals surface area contributed by atoms with Gasteiger partial charge in [0.05, 0.1) is 44.2 Å². The number of rotatable bonds is 8. The summed E-state index contributed by atoms with van der Waals surface area (Å²) in [5.74, 6) is -0.527. The van der Waals surface area contributed by atoms with Gasteiger partial charge in [0, 0.05) is 32.2 Å². The minimum Gasteiger partial charge on any atom is -0.379 e. The summed E-state index contributed by atoms with van der Waals surface area (Å²) in [7, 11) is -3.76. The van der Waals surface area contributed by atoms with Gasteiger partial charge in [-0.25, -0.2) is 8.42 Å². The van der Waals surface area contributed by atoms with Crippen LogP contribution in [0.3, 0.4) is 0 Å². The van der Waals surface area contributed by atoms with Crippen molar-refractivity contribution in [3.05, 3.63) is 44.1 Å². The number of benzene rings is 1. The van der Waals surface area contributed by atoms with Gasteiger partial charge in [-0.15, -0.1) is 11.3 Å². The highest BCUT2D eigenvalue weighted by Crippen LogP contribution is 2.33. The molecule has 0 saturated carbocycles. The highest BCUT2D eigenvalue weighted by atomic mass is 32.2. The monoisotopic (exact) mass is 482 g/mol. The summed E-state index contributed by atoms with van der Waals surface area (Å²) >= 11 is 1.02. The van der Waals surface area contributed by atoms with Crippen molar-refractivity contribution >= 4 is 44.3 Å². The molecule has 1 aliphatic heterocycles. The third-order valence-corrected chi connectivity index (χ3v) is 8.17. The molecule has 0 radical (unpaired) electrons. The summed E-state index contributed by atoms with van der Waals surface area (Å²) in [6.07, 6.45) is 0. The van der Waals surface area contributed by atoms with Crippen molar-refractivity contribution in [1.29, 1.82) is 0 Å². The second kappa shape index (κ2) is 9.94. The first kappa shape index (κ1) is 24.1. The molecule has 10 nitrogen and oxygen atoms in total. The minimum atomic E-state index is -3.76. The van der Waals surface area contributed by atoms with Crippen LogP contribution in [0.2, 0.25) is 0 Å². The quantitative estimate of drug-likeness (QED) is 0.453. The molecule has 0 bridgehead atoms. The topological polar surface area (TPSA) is 122 Å². The normalized spacial score (nSPS) is 14.8. The third-order valence-electron chi connectivity index (χ3n) is 5.24. The largest absolute Gasteiger partial charge is 0.379 e. The predicted octanol–water partition coefficient (Wildman–Crippen LogP) is 3.08. The molecule has 1 amide bonds. The summed E-state index contributed by atoms with van der Waals surface area (Å²) in [5.41, 5.74) is 0.890. The average Bonchev–Trinajstić information content (AvgIpc) is 3.18. The Morgan fingerprint density at radius 1 is 1.25 bits per heavy atom. The molecule has 2 heterocycles. The van der Waals surface area contributed by atoms with E-state index in [-0.39, 0.29) is 28.5 Å². The van der Waals surface area contributed by atoms with Crippen molar-refractivity contribution in [3.63, 3.8) is 0 Å². The lowest BCUT2D eigenvalue weighted by Crippen LogP contribution is -2.40. The molecule has 0 unspecified atom stereocenters. The Morgan fingerprint density at radius 3 is 2.47 bits per heavy atom. The van der Waals surface area contributed by atoms with Crippen molar-refractivity contribution in [2.75, 3.05) is 49.6 Å². The number of nitro groups is 1. The fraction of sp³-hybridized carbons (Fsp3) is 0.450. The Morgan fingerprint density at radius 2 is 1.91 bits per heavy atom. The lowest BCUT2D eigenvalue weighted by atomic mass is 10.2. The van der Waals surface area contributed by atoms with Gasteiger partial charge in [0.1, 0.15) is 0 Å². The Labute approximate surface area is 191 Å². The van der Waals surface area contributed by atoms with Crippen LogP contribution in [0.1, 0.15) is 28.4 Å². The van der Waals surface area contributed by atoms with Crippen LogP contribution < -0.4 is 10.2 Å². The lowest BCUT2D eigenvalue weighted by molar-refractivity contribution is -0.385. The number of thiophene rings is 1. The molecule has 1 aromatic carbocycles. The van der Waals surface area contributed by atoms with E-state index >= 15 is 0 Å². The van der Waals surface area contributed by atoms with Crippen molar-refractivity contribution in [2.45, 2.75) is 25.7 Å². The van der Waals surface area contributed by atoms with E-state index < -0.39 is 20.9 Å². The van der Waals surface area contributed by atoms with Gasteiger partial charge in [-0.1, -0.05) is 0 Å². The van der Waals surface area contributed by atoms with Crippen LogP contribution in [-0.2, 0) is 14.8 Å². The predicted molar refractivity (Wildman–Crippen MR) is 123 cm³/mol. The Bertz CT molecular complexity index is 1110. The molecule has 1 N–H and O–H groups in total. The molecule has 0 atom stereocenters. The molecule has 1 aromatic heterocycles. The fourth-order valence-electron chi connectivity index (χ4n) is 3.50. The van der Waals surface area contributed by atoms with Gasteiger partial charge < -0.3 is 15.0 Å². The molecule has 0 spiro atoms. The van der Waals surface area contributed by atoms with Crippen LogP contribution in [-0.4, -0.2) is 62.9 Å². The van der Waals surface area contributed by atoms with Gasteiger partial charge in [-0.05, 0) is 39.0 Å². The van der Waals surface area contributed by atoms with E-state index in [9.17, 15) is 23.3 Å². The number of carbonyl (C=O) groups is 1. The van der Waals surface area contributed by atoms with Gasteiger partial charge in [-0.3, -0.25) is 14.9 Å². The van der Waals surface area contributed by atoms with Crippen molar-refractivity contribution in [2.24, 2.45) is 0 Å². The van der Waals surface area contributed by atoms with Gasteiger partial charge in [0.2, 0.25) is 10.0 Å². The molecule has 32 heavy (non-hydrogen) atoms. The van der Waals surface area contributed by atoms with Crippen molar-refractivity contribution < 1.29 is 22.9 Å². The molecule has 12 heteroatoms. The van der Waals surface area contributed by atoms with Crippen LogP contribution >= 0.6 is 11.3 Å². The van der Waals surface area contributed by atoms with Crippen molar-refractivity contribution in [3.8, 4) is 0 Å². The average molecular weight is 483 g/mol. The molecule has 3 rings (SSSR count). The second-order valence-electron chi connectivity index (χ2n) is 7.13. The summed E-state index contributed by atoms with van der Waals surface area (Å²) in [6.45, 7) is 7.99. The van der Waals surface area contributed by atoms with Crippen LogP contribution in [0.15, 0.2) is 29.2 Å². The first-order valence-corrected chi connectivity index (χ1v) is 12.5. The fourth-order valence-corrected chi connectivity index (χ4v) is 5.82. The Hall–Kier alpha value is -2.54. The molecule has 174 valence electrons. The zero-order chi connectivity index (χ0) is 23.5. The number of nitrogens with zero attached hydrogens (tertiary/aromatic N) is 3. The van der Waals surface area contributed by atoms with Crippen LogP contribution in [0.4, 0.5) is 17.1 Å². The van der Waals surface area contributed by atoms with E-state index in [0.29, 0.717) is 42.6 Å². The smallest absolute Gasteiger partial charge is 0.283 e. The van der Waals surface area contributed by atoms with E-state index in [2.05, 4.69) is 5.32 Å². The highest BCUT2D eigenvalue weighted by molar-refractivity contribution is 7.89. The van der Waals surface area contributed by atoms with Crippen LogP contribution in [0.25, 0.3) is 0 Å². The molecular formula is C20H26N4O6S2. The molecule has 1 fully saturated rings. The second-order valence-corrected chi connectivity index (χ2v) is 10.3. The van der Waals surface area contributed by atoms with E-state index in [1.807, 2.05) is 18.7 Å². The molecular weight excluding hydrogens is 456 g/mol. The minimum absolute atomic E-state index is 0.0685. The zero-order valence-corrected chi connectivity index (χ0v) is 19.8. The zero-order valence-electron chi connectivity index (χ0n) is 18.2. The molecule has 2 aromatic rings. The maximum Gasteiger partial charge on any atom is 0.283 e. The third kappa shape index (κ3) is 4.93. The molecule has 1 saturated heterocycles. The van der Waals surface area contributed by atoms with Crippen molar-refractivity contribution in [1.82, 2.24) is 4.31 Å². The number of hydrogen-bond acceptors (Lipinski definition) is 8. The summed E-state index contributed by atoms with van der Waals surface area (Å²) in [4.78, 5) is 26.2. The number of hydrogen-bond donors (Lipinski definition) is 1. The maximum atomic E-state index is 13.1. The van der Waals surface area contributed by atoms with E-state index in [4.69, 9.17) is 4.74 Å². The maximum absolute atomic E-state index is 13.1. The Kier molecular flexibility index (Phi) is 7.49. The van der Waals surface area contributed by atoms with E-state index in [1.54, 1.807) is 13.0 Å². The first-order chi connectivity index (χ1) is 15.2. The number of morpholine rings is 1. The van der Waals surface area contributed by atoms with Gasteiger partial charge in [0.15, 0.2) is 0 Å². The number of amides is 1. The van der Waals surface area contributed by atoms with Gasteiger partial charge in [0.25, 0.3) is 11.6 Å². The molecule has 1 aliphatic rings. The number of nitrogens with one attached hydrogen (secondary N) is 1. The van der Waals surface area contributed by atoms with E-state index in [0.717, 1.165) is 11.3 Å². The first-order valence-electron chi connectivity index (χ1n) is 10.2. The Balaban J connectivity index is 1.99. The number of sulfonamides is 1.